The first-order chi connectivity index (χ1) is 7.74. The molecule has 90 valence electrons. The summed E-state index contributed by atoms with van der Waals surface area (Å²) in [5.74, 6) is 0. The van der Waals surface area contributed by atoms with E-state index in [2.05, 4.69) is 6.92 Å². The van der Waals surface area contributed by atoms with E-state index in [9.17, 15) is 0 Å². The summed E-state index contributed by atoms with van der Waals surface area (Å²) in [6, 6.07) is 7.91. The highest BCUT2D eigenvalue weighted by molar-refractivity contribution is 5.46. The van der Waals surface area contributed by atoms with Crippen LogP contribution in [0.25, 0.3) is 0 Å². The number of ether oxygens (including phenoxy) is 2. The van der Waals surface area contributed by atoms with E-state index in [1.807, 2.05) is 24.3 Å². The molecule has 1 aromatic carbocycles. The van der Waals surface area contributed by atoms with Gasteiger partial charge in [-0.2, -0.15) is 0 Å². The van der Waals surface area contributed by atoms with Crippen LogP contribution in [0.15, 0.2) is 24.3 Å². The molecule has 0 aliphatic carbocycles. The number of hydrogen-bond acceptors (Lipinski definition) is 3. The van der Waals surface area contributed by atoms with Crippen molar-refractivity contribution in [2.45, 2.75) is 25.9 Å². The van der Waals surface area contributed by atoms with Crippen LogP contribution in [0.4, 0.5) is 5.69 Å². The van der Waals surface area contributed by atoms with Crippen molar-refractivity contribution in [1.82, 2.24) is 0 Å². The lowest BCUT2D eigenvalue weighted by Gasteiger charge is -2.13. The van der Waals surface area contributed by atoms with Crippen LogP contribution in [0.1, 0.15) is 18.9 Å². The van der Waals surface area contributed by atoms with Crippen LogP contribution in [0, 0.1) is 0 Å². The normalized spacial score (nSPS) is 12.6. The van der Waals surface area contributed by atoms with Crippen LogP contribution in [0.3, 0.4) is 0 Å². The molecule has 0 heterocycles. The van der Waals surface area contributed by atoms with Gasteiger partial charge in [-0.05, 0) is 31.4 Å². The summed E-state index contributed by atoms with van der Waals surface area (Å²) >= 11 is 0. The first-order valence-electron chi connectivity index (χ1n) is 5.68. The molecular formula is C13H21NO2. The highest BCUT2D eigenvalue weighted by atomic mass is 16.5. The molecule has 0 aliphatic heterocycles. The van der Waals surface area contributed by atoms with Gasteiger partial charge in [-0.25, -0.2) is 0 Å². The summed E-state index contributed by atoms with van der Waals surface area (Å²) in [5.41, 5.74) is 7.84. The van der Waals surface area contributed by atoms with Gasteiger partial charge in [-0.3, -0.25) is 0 Å². The summed E-state index contributed by atoms with van der Waals surface area (Å²) in [5, 5.41) is 0. The highest BCUT2D eigenvalue weighted by Gasteiger charge is 2.03. The van der Waals surface area contributed by atoms with Crippen molar-refractivity contribution in [3.05, 3.63) is 29.8 Å². The fraction of sp³-hybridized carbons (Fsp3) is 0.538. The van der Waals surface area contributed by atoms with E-state index in [4.69, 9.17) is 15.2 Å². The molecule has 1 aromatic rings. The molecule has 0 aliphatic rings. The van der Waals surface area contributed by atoms with Gasteiger partial charge in [-0.15, -0.1) is 0 Å². The second-order valence-corrected chi connectivity index (χ2v) is 3.91. The van der Waals surface area contributed by atoms with Gasteiger partial charge in [0.05, 0.1) is 12.7 Å². The summed E-state index contributed by atoms with van der Waals surface area (Å²) in [4.78, 5) is 0. The Morgan fingerprint density at radius 2 is 2.00 bits per heavy atom. The average molecular weight is 223 g/mol. The first kappa shape index (κ1) is 13.0. The number of nitrogens with two attached hydrogens (primary N) is 1. The second kappa shape index (κ2) is 7.25. The molecule has 0 amide bonds. The Hall–Kier alpha value is -1.06. The predicted molar refractivity (Wildman–Crippen MR) is 66.5 cm³/mol. The van der Waals surface area contributed by atoms with Crippen LogP contribution in [0.2, 0.25) is 0 Å². The number of para-hydroxylation sites is 1. The lowest BCUT2D eigenvalue weighted by Crippen LogP contribution is -2.13. The molecule has 0 saturated heterocycles. The molecule has 0 bridgehead atoms. The largest absolute Gasteiger partial charge is 0.399 e. The summed E-state index contributed by atoms with van der Waals surface area (Å²) in [6.07, 6.45) is 2.04. The van der Waals surface area contributed by atoms with Crippen molar-refractivity contribution in [1.29, 1.82) is 0 Å². The SMILES string of the molecule is COCCC(C)OCCc1ccccc1N. The van der Waals surface area contributed by atoms with Crippen LogP contribution < -0.4 is 5.73 Å². The van der Waals surface area contributed by atoms with E-state index in [0.29, 0.717) is 6.61 Å². The number of benzene rings is 1. The molecule has 0 fully saturated rings. The molecule has 2 N–H and O–H groups in total. The minimum absolute atomic E-state index is 0.241. The molecule has 0 saturated carbocycles. The Kier molecular flexibility index (Phi) is 5.90. The van der Waals surface area contributed by atoms with Gasteiger partial charge < -0.3 is 15.2 Å². The highest BCUT2D eigenvalue weighted by Crippen LogP contribution is 2.11. The van der Waals surface area contributed by atoms with Crippen molar-refractivity contribution in [2.24, 2.45) is 0 Å². The van der Waals surface area contributed by atoms with Gasteiger partial charge in [0.25, 0.3) is 0 Å². The molecule has 16 heavy (non-hydrogen) atoms. The van der Waals surface area contributed by atoms with E-state index in [1.165, 1.54) is 0 Å². The third-order valence-electron chi connectivity index (χ3n) is 2.56. The molecule has 0 spiro atoms. The summed E-state index contributed by atoms with van der Waals surface area (Å²) in [6.45, 7) is 3.51. The quantitative estimate of drug-likeness (QED) is 0.721. The molecule has 0 radical (unpaired) electrons. The van der Waals surface area contributed by atoms with Crippen molar-refractivity contribution < 1.29 is 9.47 Å². The molecule has 1 atom stereocenters. The Bertz CT molecular complexity index is 302. The van der Waals surface area contributed by atoms with Crippen LogP contribution >= 0.6 is 0 Å². The molecule has 1 rings (SSSR count). The third-order valence-corrected chi connectivity index (χ3v) is 2.56. The number of hydrogen-bond donors (Lipinski definition) is 1. The Morgan fingerprint density at radius 3 is 2.69 bits per heavy atom. The zero-order chi connectivity index (χ0) is 11.8. The van der Waals surface area contributed by atoms with Gasteiger partial charge in [0.1, 0.15) is 0 Å². The maximum absolute atomic E-state index is 5.84. The maximum Gasteiger partial charge on any atom is 0.0569 e. The van der Waals surface area contributed by atoms with Gasteiger partial charge >= 0.3 is 0 Å². The van der Waals surface area contributed by atoms with E-state index < -0.39 is 0 Å². The zero-order valence-corrected chi connectivity index (χ0v) is 10.1. The van der Waals surface area contributed by atoms with Crippen LogP contribution in [0.5, 0.6) is 0 Å². The standard InChI is InChI=1S/C13H21NO2/c1-11(7-9-15-2)16-10-8-12-5-3-4-6-13(12)14/h3-6,11H,7-10,14H2,1-2H3. The molecular weight excluding hydrogens is 202 g/mol. The lowest BCUT2D eigenvalue weighted by atomic mass is 10.1. The molecule has 0 aromatic heterocycles. The summed E-state index contributed by atoms with van der Waals surface area (Å²) in [7, 11) is 1.71. The van der Waals surface area contributed by atoms with Gasteiger partial charge in [0.2, 0.25) is 0 Å². The minimum Gasteiger partial charge on any atom is -0.399 e. The van der Waals surface area contributed by atoms with Gasteiger partial charge in [-0.1, -0.05) is 18.2 Å². The maximum atomic E-state index is 5.84. The predicted octanol–water partition coefficient (Wildman–Crippen LogP) is 2.25. The van der Waals surface area contributed by atoms with Crippen molar-refractivity contribution in [2.75, 3.05) is 26.1 Å². The third kappa shape index (κ3) is 4.64. The van der Waals surface area contributed by atoms with E-state index in [1.54, 1.807) is 7.11 Å². The van der Waals surface area contributed by atoms with E-state index >= 15 is 0 Å². The topological polar surface area (TPSA) is 44.5 Å². The molecule has 3 heteroatoms. The van der Waals surface area contributed by atoms with Crippen molar-refractivity contribution >= 4 is 5.69 Å². The number of nitrogen functional groups attached to an aromatic ring is 1. The van der Waals surface area contributed by atoms with Gasteiger partial charge in [0, 0.05) is 19.4 Å². The van der Waals surface area contributed by atoms with Crippen LogP contribution in [-0.2, 0) is 15.9 Å². The van der Waals surface area contributed by atoms with E-state index in [0.717, 1.165) is 30.7 Å². The number of anilines is 1. The average Bonchev–Trinajstić information content (AvgIpc) is 2.29. The smallest absolute Gasteiger partial charge is 0.0569 e. The Morgan fingerprint density at radius 1 is 1.25 bits per heavy atom. The first-order valence-corrected chi connectivity index (χ1v) is 5.68. The minimum atomic E-state index is 0.241. The van der Waals surface area contributed by atoms with Gasteiger partial charge in [0.15, 0.2) is 0 Å². The number of rotatable bonds is 7. The number of methoxy groups -OCH3 is 1. The summed E-state index contributed by atoms with van der Waals surface area (Å²) < 4.78 is 10.7. The fourth-order valence-electron chi connectivity index (χ4n) is 1.50. The monoisotopic (exact) mass is 223 g/mol. The Balaban J connectivity index is 2.23. The second-order valence-electron chi connectivity index (χ2n) is 3.91. The van der Waals surface area contributed by atoms with Crippen molar-refractivity contribution in [3.8, 4) is 0 Å². The zero-order valence-electron chi connectivity index (χ0n) is 10.1. The molecule has 1 unspecified atom stereocenters. The van der Waals surface area contributed by atoms with Crippen LogP contribution in [-0.4, -0.2) is 26.4 Å². The van der Waals surface area contributed by atoms with Crippen molar-refractivity contribution in [3.63, 3.8) is 0 Å². The van der Waals surface area contributed by atoms with E-state index in [-0.39, 0.29) is 6.10 Å². The molecule has 3 nitrogen and oxygen atoms in total. The lowest BCUT2D eigenvalue weighted by molar-refractivity contribution is 0.0427. The fourth-order valence-corrected chi connectivity index (χ4v) is 1.50. The Labute approximate surface area is 97.6 Å².